The second-order valence-corrected chi connectivity index (χ2v) is 7.29. The second-order valence-electron chi connectivity index (χ2n) is 6.37. The van der Waals surface area contributed by atoms with Gasteiger partial charge in [0, 0.05) is 31.2 Å². The summed E-state index contributed by atoms with van der Waals surface area (Å²) in [6, 6.07) is 16.3. The number of urea groups is 1. The Balaban J connectivity index is 1.93. The number of rotatable bonds is 8. The van der Waals surface area contributed by atoms with Crippen molar-refractivity contribution in [2.75, 3.05) is 20.1 Å². The van der Waals surface area contributed by atoms with Gasteiger partial charge in [-0.15, -0.1) is 0 Å². The predicted molar refractivity (Wildman–Crippen MR) is 111 cm³/mol. The number of carbonyl (C=O) groups excluding carboxylic acids is 1. The molecule has 0 aliphatic carbocycles. The van der Waals surface area contributed by atoms with Crippen molar-refractivity contribution in [2.45, 2.75) is 33.5 Å². The molecule has 26 heavy (non-hydrogen) atoms. The molecule has 0 unspecified atom stereocenters. The molecule has 0 radical (unpaired) electrons. The highest BCUT2D eigenvalue weighted by atomic mass is 79.9. The minimum absolute atomic E-state index is 0.0643. The zero-order valence-electron chi connectivity index (χ0n) is 15.8. The molecule has 2 aromatic carbocycles. The van der Waals surface area contributed by atoms with E-state index in [9.17, 15) is 4.79 Å². The Hall–Kier alpha value is -1.85. The monoisotopic (exact) mass is 417 g/mol. The van der Waals surface area contributed by atoms with E-state index in [-0.39, 0.29) is 6.03 Å². The van der Waals surface area contributed by atoms with Gasteiger partial charge in [-0.1, -0.05) is 66.2 Å². The first-order valence-electron chi connectivity index (χ1n) is 9.06. The summed E-state index contributed by atoms with van der Waals surface area (Å²) in [4.78, 5) is 16.5. The molecule has 0 saturated heterocycles. The van der Waals surface area contributed by atoms with Gasteiger partial charge in [0.15, 0.2) is 0 Å². The van der Waals surface area contributed by atoms with Gasteiger partial charge in [-0.25, -0.2) is 4.79 Å². The number of halogens is 1. The number of nitrogens with one attached hydrogen (secondary N) is 1. The highest BCUT2D eigenvalue weighted by Crippen LogP contribution is 2.13. The Morgan fingerprint density at radius 3 is 2.19 bits per heavy atom. The number of amides is 2. The highest BCUT2D eigenvalue weighted by molar-refractivity contribution is 9.10. The summed E-state index contributed by atoms with van der Waals surface area (Å²) in [6.45, 7) is 8.42. The topological polar surface area (TPSA) is 35.6 Å². The lowest BCUT2D eigenvalue weighted by atomic mass is 10.1. The Labute approximate surface area is 165 Å². The molecular weight excluding hydrogens is 390 g/mol. The Morgan fingerprint density at radius 2 is 1.58 bits per heavy atom. The van der Waals surface area contributed by atoms with Gasteiger partial charge in [-0.3, -0.25) is 4.90 Å². The average molecular weight is 418 g/mol. The van der Waals surface area contributed by atoms with Crippen LogP contribution in [-0.2, 0) is 19.6 Å². The summed E-state index contributed by atoms with van der Waals surface area (Å²) >= 11 is 3.43. The Bertz CT molecular complexity index is 699. The van der Waals surface area contributed by atoms with Crippen LogP contribution in [0.25, 0.3) is 0 Å². The van der Waals surface area contributed by atoms with Crippen molar-refractivity contribution in [3.63, 3.8) is 0 Å². The van der Waals surface area contributed by atoms with E-state index in [1.165, 1.54) is 11.1 Å². The lowest BCUT2D eigenvalue weighted by molar-refractivity contribution is 0.206. The van der Waals surface area contributed by atoms with Crippen LogP contribution in [-0.4, -0.2) is 36.0 Å². The summed E-state index contributed by atoms with van der Waals surface area (Å²) in [6.07, 6.45) is 0. The minimum atomic E-state index is -0.0643. The van der Waals surface area contributed by atoms with Gasteiger partial charge >= 0.3 is 6.03 Å². The van der Waals surface area contributed by atoms with Gasteiger partial charge in [-0.2, -0.15) is 0 Å². The molecule has 1 N–H and O–H groups in total. The van der Waals surface area contributed by atoms with Crippen LogP contribution in [0.2, 0.25) is 0 Å². The molecule has 0 heterocycles. The fourth-order valence-corrected chi connectivity index (χ4v) is 3.08. The van der Waals surface area contributed by atoms with E-state index in [0.29, 0.717) is 13.1 Å². The number of carbonyl (C=O) groups is 1. The van der Waals surface area contributed by atoms with Crippen molar-refractivity contribution in [1.82, 2.24) is 15.1 Å². The first kappa shape index (κ1) is 20.5. The van der Waals surface area contributed by atoms with Crippen LogP contribution in [0.1, 0.15) is 30.5 Å². The smallest absolute Gasteiger partial charge is 0.317 e. The van der Waals surface area contributed by atoms with Crippen molar-refractivity contribution < 1.29 is 4.79 Å². The zero-order valence-corrected chi connectivity index (χ0v) is 17.4. The van der Waals surface area contributed by atoms with Gasteiger partial charge in [-0.05, 0) is 41.9 Å². The Morgan fingerprint density at radius 1 is 0.962 bits per heavy atom. The molecule has 0 saturated carbocycles. The van der Waals surface area contributed by atoms with Gasteiger partial charge in [0.25, 0.3) is 0 Å². The number of hydrogen-bond acceptors (Lipinski definition) is 2. The quantitative estimate of drug-likeness (QED) is 0.679. The van der Waals surface area contributed by atoms with Gasteiger partial charge in [0.1, 0.15) is 0 Å². The molecule has 0 aromatic heterocycles. The molecule has 0 atom stereocenters. The fraction of sp³-hybridized carbons (Fsp3) is 0.381. The van der Waals surface area contributed by atoms with Crippen molar-refractivity contribution >= 4 is 22.0 Å². The maximum absolute atomic E-state index is 12.4. The fourth-order valence-electron chi connectivity index (χ4n) is 2.81. The summed E-state index contributed by atoms with van der Waals surface area (Å²) in [5.74, 6) is 0. The molecule has 2 aromatic rings. The molecule has 140 valence electrons. The highest BCUT2D eigenvalue weighted by Gasteiger charge is 2.11. The van der Waals surface area contributed by atoms with Crippen LogP contribution in [0.4, 0.5) is 4.79 Å². The molecule has 0 bridgehead atoms. The molecule has 0 aliphatic rings. The SMILES string of the molecule is CCN(CC)Cc1ccccc1CNC(=O)N(C)Cc1ccc(Br)cc1. The number of hydrogen-bond donors (Lipinski definition) is 1. The van der Waals surface area contributed by atoms with Crippen molar-refractivity contribution in [2.24, 2.45) is 0 Å². The van der Waals surface area contributed by atoms with E-state index in [4.69, 9.17) is 0 Å². The van der Waals surface area contributed by atoms with Crippen LogP contribution >= 0.6 is 15.9 Å². The van der Waals surface area contributed by atoms with Crippen molar-refractivity contribution in [3.8, 4) is 0 Å². The summed E-state index contributed by atoms with van der Waals surface area (Å²) in [5, 5.41) is 3.04. The second kappa shape index (κ2) is 10.3. The third-order valence-corrected chi connectivity index (χ3v) is 5.05. The van der Waals surface area contributed by atoms with Crippen LogP contribution in [0.3, 0.4) is 0 Å². The lowest BCUT2D eigenvalue weighted by Crippen LogP contribution is -2.36. The first-order valence-corrected chi connectivity index (χ1v) is 9.85. The lowest BCUT2D eigenvalue weighted by Gasteiger charge is -2.21. The van der Waals surface area contributed by atoms with Gasteiger partial charge in [0.2, 0.25) is 0 Å². The molecular formula is C21H28BrN3O. The summed E-state index contributed by atoms with van der Waals surface area (Å²) in [7, 11) is 1.82. The minimum Gasteiger partial charge on any atom is -0.334 e. The van der Waals surface area contributed by atoms with Crippen LogP contribution in [0.5, 0.6) is 0 Å². The molecule has 2 rings (SSSR count). The first-order chi connectivity index (χ1) is 12.5. The number of benzene rings is 2. The van der Waals surface area contributed by atoms with Crippen LogP contribution in [0, 0.1) is 0 Å². The molecule has 0 spiro atoms. The molecule has 2 amide bonds. The average Bonchev–Trinajstić information content (AvgIpc) is 2.66. The summed E-state index contributed by atoms with van der Waals surface area (Å²) < 4.78 is 1.04. The van der Waals surface area contributed by atoms with Crippen molar-refractivity contribution in [3.05, 3.63) is 69.7 Å². The standard InChI is InChI=1S/C21H28BrN3O/c1-4-25(5-2)16-19-9-7-6-8-18(19)14-23-21(26)24(3)15-17-10-12-20(22)13-11-17/h6-13H,4-5,14-16H2,1-3H3,(H,23,26). The van der Waals surface area contributed by atoms with Gasteiger partial charge < -0.3 is 10.2 Å². The Kier molecular flexibility index (Phi) is 8.13. The molecule has 5 heteroatoms. The van der Waals surface area contributed by atoms with Crippen LogP contribution < -0.4 is 5.32 Å². The predicted octanol–water partition coefficient (Wildman–Crippen LogP) is 4.63. The zero-order chi connectivity index (χ0) is 18.9. The van der Waals surface area contributed by atoms with E-state index in [0.717, 1.165) is 29.7 Å². The largest absolute Gasteiger partial charge is 0.334 e. The van der Waals surface area contributed by atoms with E-state index >= 15 is 0 Å². The molecule has 0 fully saturated rings. The third-order valence-electron chi connectivity index (χ3n) is 4.52. The van der Waals surface area contributed by atoms with E-state index < -0.39 is 0 Å². The van der Waals surface area contributed by atoms with Crippen molar-refractivity contribution in [1.29, 1.82) is 0 Å². The maximum atomic E-state index is 12.4. The van der Waals surface area contributed by atoms with Crippen LogP contribution in [0.15, 0.2) is 53.0 Å². The van der Waals surface area contributed by atoms with E-state index in [1.807, 2.05) is 37.4 Å². The normalized spacial score (nSPS) is 10.8. The number of nitrogens with zero attached hydrogens (tertiary/aromatic N) is 2. The molecule has 4 nitrogen and oxygen atoms in total. The van der Waals surface area contributed by atoms with E-state index in [1.54, 1.807) is 4.90 Å². The molecule has 0 aliphatic heterocycles. The van der Waals surface area contributed by atoms with Gasteiger partial charge in [0.05, 0.1) is 0 Å². The maximum Gasteiger partial charge on any atom is 0.317 e. The summed E-state index contributed by atoms with van der Waals surface area (Å²) in [5.41, 5.74) is 3.55. The third kappa shape index (κ3) is 6.15. The van der Waals surface area contributed by atoms with E-state index in [2.05, 4.69) is 58.2 Å².